The molecule has 3 N–H and O–H groups in total. The predicted molar refractivity (Wildman–Crippen MR) is 96.3 cm³/mol. The fourth-order valence-corrected chi connectivity index (χ4v) is 2.33. The minimum Gasteiger partial charge on any atom is -0.384 e. The second kappa shape index (κ2) is 10.3. The number of hydrogen-bond acceptors (Lipinski definition) is 4. The standard InChI is InChI=1S/C16H21F3N2O2.C2H5NO/c1-10(23-11(2)16(17,18)19)8-15-20-13-5-4-12(6-7-22-3)9-14(13)21-15;1-2(3)4/h4-5,9-11H,6-8H2,1-3H3,(H,20,21);1H3,(H2,3,4). The molecule has 27 heavy (non-hydrogen) atoms. The number of fused-ring (bicyclic) bond motifs is 1. The minimum atomic E-state index is -4.35. The van der Waals surface area contributed by atoms with Crippen LogP contribution in [0.25, 0.3) is 11.0 Å². The van der Waals surface area contributed by atoms with Gasteiger partial charge in [-0.1, -0.05) is 6.07 Å². The number of nitrogens with zero attached hydrogens (tertiary/aromatic N) is 1. The predicted octanol–water partition coefficient (Wildman–Crippen LogP) is 3.14. The molecule has 2 aromatic rings. The number of hydrogen-bond donors (Lipinski definition) is 2. The number of primary amides is 1. The average Bonchev–Trinajstić information content (AvgIpc) is 2.92. The van der Waals surface area contributed by atoms with E-state index in [1.54, 1.807) is 14.0 Å². The highest BCUT2D eigenvalue weighted by Crippen LogP contribution is 2.24. The molecule has 0 fully saturated rings. The number of rotatable bonds is 7. The molecule has 0 saturated heterocycles. The molecule has 9 heteroatoms. The lowest BCUT2D eigenvalue weighted by Gasteiger charge is -2.20. The fraction of sp³-hybridized carbons (Fsp3) is 0.556. The monoisotopic (exact) mass is 389 g/mol. The summed E-state index contributed by atoms with van der Waals surface area (Å²) in [6.45, 7) is 4.56. The Labute approximate surface area is 156 Å². The first-order valence-corrected chi connectivity index (χ1v) is 8.47. The van der Waals surface area contributed by atoms with Gasteiger partial charge in [-0.15, -0.1) is 0 Å². The maximum absolute atomic E-state index is 12.5. The number of halogens is 3. The molecule has 0 bridgehead atoms. The summed E-state index contributed by atoms with van der Waals surface area (Å²) >= 11 is 0. The molecule has 2 rings (SSSR count). The van der Waals surface area contributed by atoms with Crippen molar-refractivity contribution < 1.29 is 27.4 Å². The Hall–Kier alpha value is -2.13. The number of carbonyl (C=O) groups is 1. The normalized spacial score (nSPS) is 13.7. The first-order valence-electron chi connectivity index (χ1n) is 8.47. The van der Waals surface area contributed by atoms with E-state index in [0.29, 0.717) is 18.9 Å². The van der Waals surface area contributed by atoms with Gasteiger partial charge in [0, 0.05) is 20.5 Å². The van der Waals surface area contributed by atoms with Crippen LogP contribution < -0.4 is 5.73 Å². The lowest BCUT2D eigenvalue weighted by atomic mass is 10.1. The summed E-state index contributed by atoms with van der Waals surface area (Å²) in [4.78, 5) is 16.8. The number of methoxy groups -OCH3 is 1. The highest BCUT2D eigenvalue weighted by Gasteiger charge is 2.37. The molecule has 0 aliphatic heterocycles. The zero-order chi connectivity index (χ0) is 20.6. The van der Waals surface area contributed by atoms with Gasteiger partial charge in [-0.05, 0) is 38.0 Å². The number of amides is 1. The van der Waals surface area contributed by atoms with Crippen molar-refractivity contribution in [1.29, 1.82) is 0 Å². The number of nitrogens with one attached hydrogen (secondary N) is 1. The van der Waals surface area contributed by atoms with Crippen LogP contribution in [0.4, 0.5) is 13.2 Å². The molecule has 1 heterocycles. The molecule has 1 amide bonds. The van der Waals surface area contributed by atoms with Crippen molar-refractivity contribution in [2.24, 2.45) is 5.73 Å². The van der Waals surface area contributed by atoms with Gasteiger partial charge >= 0.3 is 6.18 Å². The molecule has 2 atom stereocenters. The average molecular weight is 389 g/mol. The molecule has 1 aromatic heterocycles. The second-order valence-electron chi connectivity index (χ2n) is 6.22. The number of imidazole rings is 1. The molecule has 152 valence electrons. The van der Waals surface area contributed by atoms with Gasteiger partial charge in [0.05, 0.1) is 23.7 Å². The van der Waals surface area contributed by atoms with Gasteiger partial charge in [-0.3, -0.25) is 4.79 Å². The number of aromatic amines is 1. The van der Waals surface area contributed by atoms with Crippen molar-refractivity contribution in [3.8, 4) is 0 Å². The van der Waals surface area contributed by atoms with Gasteiger partial charge in [-0.25, -0.2) is 4.98 Å². The third-order valence-corrected chi connectivity index (χ3v) is 3.57. The zero-order valence-electron chi connectivity index (χ0n) is 15.9. The molecule has 1 aromatic carbocycles. The van der Waals surface area contributed by atoms with Gasteiger partial charge in [-0.2, -0.15) is 13.2 Å². The van der Waals surface area contributed by atoms with Crippen LogP contribution in [0, 0.1) is 0 Å². The van der Waals surface area contributed by atoms with Gasteiger partial charge in [0.15, 0.2) is 6.10 Å². The Bertz CT molecular complexity index is 727. The van der Waals surface area contributed by atoms with E-state index < -0.39 is 18.4 Å². The first kappa shape index (κ1) is 22.9. The zero-order valence-corrected chi connectivity index (χ0v) is 15.9. The number of H-pyrrole nitrogens is 1. The van der Waals surface area contributed by atoms with E-state index >= 15 is 0 Å². The smallest absolute Gasteiger partial charge is 0.384 e. The van der Waals surface area contributed by atoms with Crippen molar-refractivity contribution in [2.45, 2.75) is 52.0 Å². The summed E-state index contributed by atoms with van der Waals surface area (Å²) in [5.41, 5.74) is 7.24. The van der Waals surface area contributed by atoms with Gasteiger partial charge in [0.2, 0.25) is 5.91 Å². The number of nitrogens with two attached hydrogens (primary N) is 1. The molecule has 2 unspecified atom stereocenters. The Balaban J connectivity index is 0.000000828. The topological polar surface area (TPSA) is 90.2 Å². The Kier molecular flexibility index (Phi) is 8.71. The molecule has 0 spiro atoms. The number of benzene rings is 1. The van der Waals surface area contributed by atoms with Crippen LogP contribution in [0.3, 0.4) is 0 Å². The van der Waals surface area contributed by atoms with Crippen LogP contribution in [0.1, 0.15) is 32.2 Å². The Morgan fingerprint density at radius 1 is 1.33 bits per heavy atom. The number of ether oxygens (including phenoxy) is 2. The van der Waals surface area contributed by atoms with E-state index in [2.05, 4.69) is 15.7 Å². The highest BCUT2D eigenvalue weighted by molar-refractivity contribution is 5.75. The lowest BCUT2D eigenvalue weighted by molar-refractivity contribution is -0.224. The van der Waals surface area contributed by atoms with Crippen molar-refractivity contribution in [3.05, 3.63) is 29.6 Å². The van der Waals surface area contributed by atoms with Crippen molar-refractivity contribution in [3.63, 3.8) is 0 Å². The van der Waals surface area contributed by atoms with Crippen LogP contribution in [-0.4, -0.2) is 48.0 Å². The summed E-state index contributed by atoms with van der Waals surface area (Å²) in [5, 5.41) is 0. The Morgan fingerprint density at radius 2 is 1.96 bits per heavy atom. The van der Waals surface area contributed by atoms with Crippen molar-refractivity contribution in [2.75, 3.05) is 13.7 Å². The highest BCUT2D eigenvalue weighted by atomic mass is 19.4. The van der Waals surface area contributed by atoms with E-state index in [1.807, 2.05) is 18.2 Å². The van der Waals surface area contributed by atoms with Gasteiger partial charge < -0.3 is 20.2 Å². The number of aromatic nitrogens is 2. The van der Waals surface area contributed by atoms with Crippen LogP contribution in [0.5, 0.6) is 0 Å². The van der Waals surface area contributed by atoms with E-state index in [-0.39, 0.29) is 5.91 Å². The van der Waals surface area contributed by atoms with Crippen molar-refractivity contribution in [1.82, 2.24) is 9.97 Å². The molecule has 0 radical (unpaired) electrons. The van der Waals surface area contributed by atoms with Crippen LogP contribution in [0.2, 0.25) is 0 Å². The molecule has 0 saturated carbocycles. The first-order chi connectivity index (χ1) is 12.5. The maximum atomic E-state index is 12.5. The summed E-state index contributed by atoms with van der Waals surface area (Å²) in [5.74, 6) is 0.283. The fourth-order valence-electron chi connectivity index (χ4n) is 2.33. The van der Waals surface area contributed by atoms with Crippen molar-refractivity contribution >= 4 is 16.9 Å². The van der Waals surface area contributed by atoms with Gasteiger partial charge in [0.1, 0.15) is 5.82 Å². The Morgan fingerprint density at radius 3 is 2.52 bits per heavy atom. The van der Waals surface area contributed by atoms with E-state index in [1.165, 1.54) is 6.92 Å². The van der Waals surface area contributed by atoms with E-state index in [4.69, 9.17) is 9.47 Å². The quantitative estimate of drug-likeness (QED) is 0.761. The lowest BCUT2D eigenvalue weighted by Crippen LogP contribution is -2.32. The third-order valence-electron chi connectivity index (χ3n) is 3.57. The summed E-state index contributed by atoms with van der Waals surface area (Å²) in [6, 6.07) is 5.84. The summed E-state index contributed by atoms with van der Waals surface area (Å²) in [6.07, 6.45) is -5.63. The third kappa shape index (κ3) is 8.40. The number of alkyl halides is 3. The maximum Gasteiger partial charge on any atom is 0.414 e. The molecular formula is C18H26F3N3O3. The van der Waals surface area contributed by atoms with Crippen LogP contribution >= 0.6 is 0 Å². The van der Waals surface area contributed by atoms with Crippen LogP contribution in [-0.2, 0) is 27.1 Å². The summed E-state index contributed by atoms with van der Waals surface area (Å²) < 4.78 is 47.5. The largest absolute Gasteiger partial charge is 0.414 e. The minimum absolute atomic E-state index is 0.294. The van der Waals surface area contributed by atoms with Gasteiger partial charge in [0.25, 0.3) is 0 Å². The van der Waals surface area contributed by atoms with E-state index in [0.717, 1.165) is 29.9 Å². The molecule has 0 aliphatic rings. The SMILES string of the molecule is CC(N)=O.COCCc1ccc2nc(CC(C)OC(C)C(F)(F)F)[nH]c2c1. The molecule has 0 aliphatic carbocycles. The van der Waals surface area contributed by atoms with Crippen LogP contribution in [0.15, 0.2) is 18.2 Å². The molecular weight excluding hydrogens is 363 g/mol. The second-order valence-corrected chi connectivity index (χ2v) is 6.22. The molecule has 6 nitrogen and oxygen atoms in total. The number of carbonyl (C=O) groups excluding carboxylic acids is 1. The van der Waals surface area contributed by atoms with E-state index in [9.17, 15) is 18.0 Å². The summed E-state index contributed by atoms with van der Waals surface area (Å²) in [7, 11) is 1.65.